The number of aliphatic hydroxyl groups excluding tert-OH is 1. The van der Waals surface area contributed by atoms with Gasteiger partial charge >= 0.3 is 0 Å². The summed E-state index contributed by atoms with van der Waals surface area (Å²) in [6.07, 6.45) is 4.45. The lowest BCUT2D eigenvalue weighted by molar-refractivity contribution is 0.0632. The van der Waals surface area contributed by atoms with Crippen molar-refractivity contribution >= 4 is 17.2 Å². The molecule has 0 unspecified atom stereocenters. The van der Waals surface area contributed by atoms with Crippen LogP contribution in [0.1, 0.15) is 41.2 Å². The number of hydrogen-bond donors (Lipinski definition) is 1. The third kappa shape index (κ3) is 2.84. The van der Waals surface area contributed by atoms with Crippen LogP contribution in [0.25, 0.3) is 0 Å². The van der Waals surface area contributed by atoms with Crippen molar-refractivity contribution < 1.29 is 9.90 Å². The van der Waals surface area contributed by atoms with Crippen molar-refractivity contribution in [1.82, 2.24) is 9.88 Å². The largest absolute Gasteiger partial charge is 0.395 e. The predicted molar refractivity (Wildman–Crippen MR) is 67.2 cm³/mol. The molecule has 1 aromatic heterocycles. The molecule has 0 bridgehead atoms. The van der Waals surface area contributed by atoms with Gasteiger partial charge < -0.3 is 10.0 Å². The van der Waals surface area contributed by atoms with Gasteiger partial charge in [0.05, 0.1) is 11.6 Å². The molecule has 0 atom stereocenters. The molecule has 1 aromatic rings. The van der Waals surface area contributed by atoms with E-state index in [1.165, 1.54) is 24.2 Å². The van der Waals surface area contributed by atoms with Gasteiger partial charge in [-0.25, -0.2) is 4.98 Å². The number of aromatic nitrogens is 1. The van der Waals surface area contributed by atoms with E-state index >= 15 is 0 Å². The SMILES string of the molecule is Cc1nc(C(=O)N(CCO)C2CCCC2)cs1. The highest BCUT2D eigenvalue weighted by molar-refractivity contribution is 7.09. The molecule has 0 spiro atoms. The molecular formula is C12H18N2O2S. The number of carbonyl (C=O) groups excluding carboxylic acids is 1. The van der Waals surface area contributed by atoms with E-state index in [0.29, 0.717) is 12.2 Å². The molecule has 17 heavy (non-hydrogen) atoms. The number of hydrogen-bond acceptors (Lipinski definition) is 4. The van der Waals surface area contributed by atoms with E-state index in [-0.39, 0.29) is 18.6 Å². The zero-order valence-electron chi connectivity index (χ0n) is 10.1. The van der Waals surface area contributed by atoms with Crippen molar-refractivity contribution in [2.45, 2.75) is 38.6 Å². The molecule has 0 aliphatic heterocycles. The Morgan fingerprint density at radius 1 is 1.59 bits per heavy atom. The van der Waals surface area contributed by atoms with E-state index in [2.05, 4.69) is 4.98 Å². The molecule has 1 amide bonds. The number of amides is 1. The monoisotopic (exact) mass is 254 g/mol. The van der Waals surface area contributed by atoms with Gasteiger partial charge in [0.15, 0.2) is 0 Å². The summed E-state index contributed by atoms with van der Waals surface area (Å²) in [5, 5.41) is 11.8. The van der Waals surface area contributed by atoms with E-state index in [4.69, 9.17) is 5.11 Å². The summed E-state index contributed by atoms with van der Waals surface area (Å²) in [5.41, 5.74) is 0.521. The fourth-order valence-corrected chi connectivity index (χ4v) is 2.97. The maximum atomic E-state index is 12.3. The molecule has 1 aliphatic rings. The van der Waals surface area contributed by atoms with Crippen LogP contribution in [0.5, 0.6) is 0 Å². The second-order valence-electron chi connectivity index (χ2n) is 4.41. The number of thiazole rings is 1. The van der Waals surface area contributed by atoms with Crippen LogP contribution in [0, 0.1) is 6.92 Å². The van der Waals surface area contributed by atoms with Crippen molar-refractivity contribution in [3.8, 4) is 0 Å². The van der Waals surface area contributed by atoms with Gasteiger partial charge in [-0.2, -0.15) is 0 Å². The van der Waals surface area contributed by atoms with E-state index in [9.17, 15) is 4.79 Å². The molecular weight excluding hydrogens is 236 g/mol. The minimum absolute atomic E-state index is 0.0192. The predicted octanol–water partition coefficient (Wildman–Crippen LogP) is 1.83. The van der Waals surface area contributed by atoms with Crippen LogP contribution in [0.15, 0.2) is 5.38 Å². The van der Waals surface area contributed by atoms with Gasteiger partial charge in [-0.15, -0.1) is 11.3 Å². The first-order valence-corrected chi connectivity index (χ1v) is 6.94. The summed E-state index contributed by atoms with van der Waals surface area (Å²) in [5.74, 6) is -0.0321. The smallest absolute Gasteiger partial charge is 0.273 e. The topological polar surface area (TPSA) is 53.4 Å². The highest BCUT2D eigenvalue weighted by atomic mass is 32.1. The Labute approximate surface area is 105 Å². The molecule has 1 N–H and O–H groups in total. The van der Waals surface area contributed by atoms with Crippen LogP contribution < -0.4 is 0 Å². The number of nitrogens with zero attached hydrogens (tertiary/aromatic N) is 2. The lowest BCUT2D eigenvalue weighted by atomic mass is 10.2. The number of aryl methyl sites for hydroxylation is 1. The first-order valence-electron chi connectivity index (χ1n) is 6.06. The molecule has 0 saturated heterocycles. The zero-order chi connectivity index (χ0) is 12.3. The van der Waals surface area contributed by atoms with Crippen LogP contribution >= 0.6 is 11.3 Å². The molecule has 5 heteroatoms. The van der Waals surface area contributed by atoms with Crippen LogP contribution in [0.4, 0.5) is 0 Å². The van der Waals surface area contributed by atoms with Crippen molar-refractivity contribution in [3.05, 3.63) is 16.1 Å². The number of carbonyl (C=O) groups is 1. The number of rotatable bonds is 4. The molecule has 1 aliphatic carbocycles. The van der Waals surface area contributed by atoms with Gasteiger partial charge in [0.2, 0.25) is 0 Å². The fourth-order valence-electron chi connectivity index (χ4n) is 2.38. The van der Waals surface area contributed by atoms with Crippen molar-refractivity contribution in [3.63, 3.8) is 0 Å². The van der Waals surface area contributed by atoms with Crippen LogP contribution in [-0.2, 0) is 0 Å². The third-order valence-corrected chi connectivity index (χ3v) is 3.98. The van der Waals surface area contributed by atoms with Crippen LogP contribution in [0.3, 0.4) is 0 Å². The molecule has 94 valence electrons. The van der Waals surface area contributed by atoms with Gasteiger partial charge in [0.1, 0.15) is 5.69 Å². The van der Waals surface area contributed by atoms with Gasteiger partial charge in [0, 0.05) is 18.0 Å². The molecule has 4 nitrogen and oxygen atoms in total. The third-order valence-electron chi connectivity index (χ3n) is 3.21. The van der Waals surface area contributed by atoms with Gasteiger partial charge in [0.25, 0.3) is 5.91 Å². The van der Waals surface area contributed by atoms with Crippen molar-refractivity contribution in [2.75, 3.05) is 13.2 Å². The summed E-state index contributed by atoms with van der Waals surface area (Å²) in [7, 11) is 0. The van der Waals surface area contributed by atoms with E-state index < -0.39 is 0 Å². The average molecular weight is 254 g/mol. The maximum absolute atomic E-state index is 12.3. The molecule has 0 radical (unpaired) electrons. The molecule has 1 saturated carbocycles. The Morgan fingerprint density at radius 3 is 2.82 bits per heavy atom. The fraction of sp³-hybridized carbons (Fsp3) is 0.667. The summed E-state index contributed by atoms with van der Waals surface area (Å²) in [6.45, 7) is 2.33. The first kappa shape index (κ1) is 12.5. The minimum atomic E-state index is -0.0321. The van der Waals surface area contributed by atoms with Gasteiger partial charge in [-0.3, -0.25) is 4.79 Å². The standard InChI is InChI=1S/C12H18N2O2S/c1-9-13-11(8-17-9)12(16)14(6-7-15)10-4-2-3-5-10/h8,10,15H,2-7H2,1H3. The lowest BCUT2D eigenvalue weighted by Crippen LogP contribution is -2.40. The molecule has 1 fully saturated rings. The highest BCUT2D eigenvalue weighted by Crippen LogP contribution is 2.25. The average Bonchev–Trinajstić information content (AvgIpc) is 2.95. The zero-order valence-corrected chi connectivity index (χ0v) is 10.9. The van der Waals surface area contributed by atoms with E-state index in [1.54, 1.807) is 10.3 Å². The second kappa shape index (κ2) is 5.60. The molecule has 2 rings (SSSR count). The minimum Gasteiger partial charge on any atom is -0.395 e. The normalized spacial score (nSPS) is 16.4. The molecule has 1 heterocycles. The Morgan fingerprint density at radius 2 is 2.29 bits per heavy atom. The second-order valence-corrected chi connectivity index (χ2v) is 5.47. The Hall–Kier alpha value is -0.940. The Balaban J connectivity index is 2.12. The van der Waals surface area contributed by atoms with Crippen molar-refractivity contribution in [2.24, 2.45) is 0 Å². The van der Waals surface area contributed by atoms with Crippen LogP contribution in [0.2, 0.25) is 0 Å². The quantitative estimate of drug-likeness (QED) is 0.892. The van der Waals surface area contributed by atoms with Gasteiger partial charge in [-0.05, 0) is 19.8 Å². The van der Waals surface area contributed by atoms with E-state index in [0.717, 1.165) is 17.8 Å². The summed E-state index contributed by atoms with van der Waals surface area (Å²) in [6, 6.07) is 0.289. The van der Waals surface area contributed by atoms with Gasteiger partial charge in [-0.1, -0.05) is 12.8 Å². The summed E-state index contributed by atoms with van der Waals surface area (Å²) < 4.78 is 0. The Bertz CT molecular complexity index is 386. The number of aliphatic hydroxyl groups is 1. The van der Waals surface area contributed by atoms with E-state index in [1.807, 2.05) is 6.92 Å². The summed E-state index contributed by atoms with van der Waals surface area (Å²) in [4.78, 5) is 18.3. The summed E-state index contributed by atoms with van der Waals surface area (Å²) >= 11 is 1.49. The maximum Gasteiger partial charge on any atom is 0.273 e. The Kier molecular flexibility index (Phi) is 4.12. The first-order chi connectivity index (χ1) is 8.22. The van der Waals surface area contributed by atoms with Crippen molar-refractivity contribution in [1.29, 1.82) is 0 Å². The lowest BCUT2D eigenvalue weighted by Gasteiger charge is -2.27. The molecule has 0 aromatic carbocycles. The highest BCUT2D eigenvalue weighted by Gasteiger charge is 2.27. The van der Waals surface area contributed by atoms with Crippen LogP contribution in [-0.4, -0.2) is 40.1 Å².